The fourth-order valence-corrected chi connectivity index (χ4v) is 2.25. The summed E-state index contributed by atoms with van der Waals surface area (Å²) in [7, 11) is 0. The van der Waals surface area contributed by atoms with Crippen LogP contribution in [-0.4, -0.2) is 11.5 Å². The summed E-state index contributed by atoms with van der Waals surface area (Å²) < 4.78 is 0. The molecule has 0 saturated heterocycles. The Morgan fingerprint density at radius 1 is 1.25 bits per heavy atom. The maximum atomic E-state index is 4.55. The lowest BCUT2D eigenvalue weighted by molar-refractivity contribution is 0.971. The number of hydrogen-bond donors (Lipinski definition) is 1. The Bertz CT molecular complexity index is 423. The maximum absolute atomic E-state index is 4.55. The summed E-state index contributed by atoms with van der Waals surface area (Å²) in [5, 5.41) is 6.47. The van der Waals surface area contributed by atoms with E-state index >= 15 is 0 Å². The molecule has 0 unspecified atom stereocenters. The molecule has 1 aromatic heterocycles. The summed E-state index contributed by atoms with van der Waals surface area (Å²) in [4.78, 5) is 4.55. The zero-order chi connectivity index (χ0) is 11.2. The van der Waals surface area contributed by atoms with Gasteiger partial charge in [-0.15, -0.1) is 11.3 Å². The molecule has 0 aliphatic rings. The van der Waals surface area contributed by atoms with E-state index in [0.717, 1.165) is 30.2 Å². The molecule has 0 fully saturated rings. The molecule has 2 rings (SSSR count). The molecule has 2 nitrogen and oxygen atoms in total. The van der Waals surface area contributed by atoms with Crippen molar-refractivity contribution >= 4 is 16.5 Å². The monoisotopic (exact) mass is 232 g/mol. The average Bonchev–Trinajstić information content (AvgIpc) is 2.75. The number of benzene rings is 1. The highest BCUT2D eigenvalue weighted by molar-refractivity contribution is 7.13. The van der Waals surface area contributed by atoms with Crippen LogP contribution in [0.4, 0.5) is 5.13 Å². The summed E-state index contributed by atoms with van der Waals surface area (Å²) in [6.07, 6.45) is 2.05. The minimum absolute atomic E-state index is 0.922. The number of anilines is 1. The van der Waals surface area contributed by atoms with Gasteiger partial charge in [-0.3, -0.25) is 0 Å². The van der Waals surface area contributed by atoms with Gasteiger partial charge in [0.05, 0.1) is 5.69 Å². The van der Waals surface area contributed by atoms with Crippen molar-refractivity contribution in [2.24, 2.45) is 0 Å². The molecule has 0 atom stereocenters. The summed E-state index contributed by atoms with van der Waals surface area (Å²) in [6.45, 7) is 3.16. The third kappa shape index (κ3) is 3.07. The number of aromatic nitrogens is 1. The van der Waals surface area contributed by atoms with Gasteiger partial charge in [0.2, 0.25) is 0 Å². The predicted octanol–water partition coefficient (Wildman–Crippen LogP) is 3.56. The van der Waals surface area contributed by atoms with E-state index in [1.165, 1.54) is 5.56 Å². The molecule has 1 aromatic carbocycles. The predicted molar refractivity (Wildman–Crippen MR) is 70.1 cm³/mol. The number of rotatable bonds is 5. The zero-order valence-corrected chi connectivity index (χ0v) is 10.3. The Hall–Kier alpha value is -1.35. The lowest BCUT2D eigenvalue weighted by atomic mass is 10.1. The van der Waals surface area contributed by atoms with Crippen molar-refractivity contribution < 1.29 is 0 Å². The highest BCUT2D eigenvalue weighted by Gasteiger charge is 2.01. The van der Waals surface area contributed by atoms with E-state index in [1.54, 1.807) is 11.3 Å². The van der Waals surface area contributed by atoms with Gasteiger partial charge in [-0.1, -0.05) is 37.3 Å². The second kappa shape index (κ2) is 5.66. The van der Waals surface area contributed by atoms with E-state index < -0.39 is 0 Å². The second-order valence-corrected chi connectivity index (χ2v) is 4.59. The van der Waals surface area contributed by atoms with E-state index in [1.807, 2.05) is 6.07 Å². The molecule has 1 N–H and O–H groups in total. The maximum Gasteiger partial charge on any atom is 0.182 e. The van der Waals surface area contributed by atoms with Gasteiger partial charge in [0.25, 0.3) is 0 Å². The molecule has 0 radical (unpaired) electrons. The minimum Gasteiger partial charge on any atom is -0.362 e. The van der Waals surface area contributed by atoms with Crippen LogP contribution in [0.1, 0.15) is 24.6 Å². The fourth-order valence-electron chi connectivity index (χ4n) is 1.51. The summed E-state index contributed by atoms with van der Waals surface area (Å²) in [6, 6.07) is 10.5. The third-order valence-electron chi connectivity index (χ3n) is 2.31. The molecule has 3 heteroatoms. The largest absolute Gasteiger partial charge is 0.362 e. The molecule has 0 spiro atoms. The lowest BCUT2D eigenvalue weighted by Gasteiger charge is -1.98. The Balaban J connectivity index is 1.97. The number of hydrogen-bond acceptors (Lipinski definition) is 3. The van der Waals surface area contributed by atoms with Crippen molar-refractivity contribution in [1.29, 1.82) is 0 Å². The van der Waals surface area contributed by atoms with Crippen LogP contribution < -0.4 is 5.32 Å². The van der Waals surface area contributed by atoms with E-state index in [4.69, 9.17) is 0 Å². The molecule has 0 amide bonds. The van der Waals surface area contributed by atoms with Crippen molar-refractivity contribution in [2.75, 3.05) is 11.9 Å². The molecule has 0 saturated carbocycles. The van der Waals surface area contributed by atoms with Gasteiger partial charge in [-0.2, -0.15) is 0 Å². The first-order valence-electron chi connectivity index (χ1n) is 5.60. The van der Waals surface area contributed by atoms with Crippen LogP contribution in [0.2, 0.25) is 0 Å². The second-order valence-electron chi connectivity index (χ2n) is 3.73. The molecule has 0 aliphatic carbocycles. The van der Waals surface area contributed by atoms with Crippen molar-refractivity contribution in [3.8, 4) is 0 Å². The molecule has 2 aromatic rings. The van der Waals surface area contributed by atoms with E-state index in [0.29, 0.717) is 0 Å². The van der Waals surface area contributed by atoms with Crippen LogP contribution >= 0.6 is 11.3 Å². The summed E-state index contributed by atoms with van der Waals surface area (Å²) in [5.74, 6) is 0. The van der Waals surface area contributed by atoms with Crippen LogP contribution in [0.25, 0.3) is 0 Å². The van der Waals surface area contributed by atoms with Crippen molar-refractivity contribution in [1.82, 2.24) is 4.98 Å². The zero-order valence-electron chi connectivity index (χ0n) is 9.44. The van der Waals surface area contributed by atoms with Gasteiger partial charge in [0.1, 0.15) is 0 Å². The fraction of sp³-hybridized carbons (Fsp3) is 0.308. The Labute approximate surface area is 100 Å². The normalized spacial score (nSPS) is 10.3. The molecule has 1 heterocycles. The first-order valence-corrected chi connectivity index (χ1v) is 6.48. The van der Waals surface area contributed by atoms with E-state index in [-0.39, 0.29) is 0 Å². The highest BCUT2D eigenvalue weighted by atomic mass is 32.1. The third-order valence-corrected chi connectivity index (χ3v) is 3.15. The molecular formula is C13H16N2S. The summed E-state index contributed by atoms with van der Waals surface area (Å²) in [5.41, 5.74) is 2.46. The van der Waals surface area contributed by atoms with Gasteiger partial charge < -0.3 is 5.32 Å². The van der Waals surface area contributed by atoms with Gasteiger partial charge in [0.15, 0.2) is 5.13 Å². The standard InChI is InChI=1S/C13H16N2S/c1-2-8-14-13-15-12(10-16-13)9-11-6-4-3-5-7-11/h3-7,10H,2,8-9H2,1H3,(H,14,15). The number of thiazole rings is 1. The van der Waals surface area contributed by atoms with Crippen molar-refractivity contribution in [2.45, 2.75) is 19.8 Å². The number of nitrogens with zero attached hydrogens (tertiary/aromatic N) is 1. The van der Waals surface area contributed by atoms with Crippen LogP contribution in [0.15, 0.2) is 35.7 Å². The Kier molecular flexibility index (Phi) is 3.94. The van der Waals surface area contributed by atoms with Gasteiger partial charge in [-0.05, 0) is 12.0 Å². The molecule has 0 bridgehead atoms. The van der Waals surface area contributed by atoms with Crippen LogP contribution in [0.5, 0.6) is 0 Å². The van der Waals surface area contributed by atoms with Crippen LogP contribution in [0.3, 0.4) is 0 Å². The molecule has 16 heavy (non-hydrogen) atoms. The smallest absolute Gasteiger partial charge is 0.182 e. The van der Waals surface area contributed by atoms with Crippen molar-refractivity contribution in [3.05, 3.63) is 47.0 Å². The number of nitrogens with one attached hydrogen (secondary N) is 1. The quantitative estimate of drug-likeness (QED) is 0.852. The van der Waals surface area contributed by atoms with Crippen molar-refractivity contribution in [3.63, 3.8) is 0 Å². The van der Waals surface area contributed by atoms with Gasteiger partial charge in [0, 0.05) is 18.3 Å². The molecular weight excluding hydrogens is 216 g/mol. The molecule has 84 valence electrons. The van der Waals surface area contributed by atoms with Crippen LogP contribution in [-0.2, 0) is 6.42 Å². The SMILES string of the molecule is CCCNc1nc(Cc2ccccc2)cs1. The molecule has 0 aliphatic heterocycles. The van der Waals surface area contributed by atoms with E-state index in [9.17, 15) is 0 Å². The first-order chi connectivity index (χ1) is 7.88. The highest BCUT2D eigenvalue weighted by Crippen LogP contribution is 2.17. The van der Waals surface area contributed by atoms with E-state index in [2.05, 4.69) is 46.9 Å². The van der Waals surface area contributed by atoms with Crippen LogP contribution in [0, 0.1) is 0 Å². The summed E-state index contributed by atoms with van der Waals surface area (Å²) >= 11 is 1.69. The Morgan fingerprint density at radius 3 is 2.81 bits per heavy atom. The minimum atomic E-state index is 0.922. The van der Waals surface area contributed by atoms with Gasteiger partial charge >= 0.3 is 0 Å². The lowest BCUT2D eigenvalue weighted by Crippen LogP contribution is -1.99. The average molecular weight is 232 g/mol. The topological polar surface area (TPSA) is 24.9 Å². The van der Waals surface area contributed by atoms with Gasteiger partial charge in [-0.25, -0.2) is 4.98 Å². The Morgan fingerprint density at radius 2 is 2.06 bits per heavy atom. The first kappa shape index (κ1) is 11.1.